The molecule has 0 spiro atoms. The third-order valence-electron chi connectivity index (χ3n) is 4.20. The van der Waals surface area contributed by atoms with Crippen LogP contribution < -0.4 is 5.32 Å². The number of nitriles is 1. The van der Waals surface area contributed by atoms with Crippen LogP contribution >= 0.6 is 11.8 Å². The first kappa shape index (κ1) is 20.4. The van der Waals surface area contributed by atoms with E-state index in [-0.39, 0.29) is 11.5 Å². The van der Waals surface area contributed by atoms with Gasteiger partial charge in [0, 0.05) is 28.8 Å². The van der Waals surface area contributed by atoms with Gasteiger partial charge in [-0.05, 0) is 43.0 Å². The Hall–Kier alpha value is -3.30. The predicted octanol–water partition coefficient (Wildman–Crippen LogP) is 4.69. The van der Waals surface area contributed by atoms with Gasteiger partial charge in [0.25, 0.3) is 5.91 Å². The van der Waals surface area contributed by atoms with Crippen molar-refractivity contribution in [1.82, 2.24) is 15.1 Å². The number of aromatic nitrogens is 2. The summed E-state index contributed by atoms with van der Waals surface area (Å²) >= 11 is 1.78. The van der Waals surface area contributed by atoms with Crippen LogP contribution in [0.25, 0.3) is 23.0 Å². The monoisotopic (exact) mass is 402 g/mol. The molecule has 29 heavy (non-hydrogen) atoms. The quantitative estimate of drug-likeness (QED) is 0.353. The molecule has 1 N–H and O–H groups in total. The summed E-state index contributed by atoms with van der Waals surface area (Å²) in [5.74, 6) is 0.622. The van der Waals surface area contributed by atoms with Crippen molar-refractivity contribution in [2.24, 2.45) is 0 Å². The summed E-state index contributed by atoms with van der Waals surface area (Å²) < 4.78 is 1.77. The van der Waals surface area contributed by atoms with Crippen LogP contribution in [0.1, 0.15) is 19.4 Å². The number of nitrogens with zero attached hydrogens (tertiary/aromatic N) is 3. The smallest absolute Gasteiger partial charge is 0.261 e. The van der Waals surface area contributed by atoms with Gasteiger partial charge in [0.2, 0.25) is 0 Å². The van der Waals surface area contributed by atoms with Gasteiger partial charge in [-0.2, -0.15) is 10.4 Å². The number of carbonyl (C=O) groups is 1. The zero-order valence-corrected chi connectivity index (χ0v) is 17.2. The van der Waals surface area contributed by atoms with E-state index in [4.69, 9.17) is 5.10 Å². The first-order valence-corrected chi connectivity index (χ1v) is 10.4. The zero-order valence-electron chi connectivity index (χ0n) is 16.4. The van der Waals surface area contributed by atoms with Crippen molar-refractivity contribution in [3.63, 3.8) is 0 Å². The molecule has 6 heteroatoms. The molecular weight excluding hydrogens is 380 g/mol. The Labute approximate surface area is 175 Å². The molecule has 1 heterocycles. The fraction of sp³-hybridized carbons (Fsp3) is 0.174. The third kappa shape index (κ3) is 4.95. The fourth-order valence-corrected chi connectivity index (χ4v) is 3.53. The third-order valence-corrected chi connectivity index (χ3v) is 5.10. The molecule has 3 rings (SSSR count). The van der Waals surface area contributed by atoms with E-state index in [1.807, 2.05) is 61.7 Å². The van der Waals surface area contributed by atoms with Crippen LogP contribution in [0.3, 0.4) is 0 Å². The Morgan fingerprint density at radius 2 is 1.90 bits per heavy atom. The van der Waals surface area contributed by atoms with Gasteiger partial charge in [-0.3, -0.25) is 4.79 Å². The minimum atomic E-state index is -0.386. The number of rotatable bonds is 7. The Kier molecular flexibility index (Phi) is 6.88. The molecule has 0 bridgehead atoms. The highest BCUT2D eigenvalue weighted by atomic mass is 32.2. The van der Waals surface area contributed by atoms with E-state index in [1.165, 1.54) is 4.90 Å². The largest absolute Gasteiger partial charge is 0.352 e. The standard InChI is InChI=1S/C23H22N4OS/c1-3-25-23(28)18(15-24)14-19-16-27(20-8-6-5-7-9-20)26-22(19)17-10-12-21(13-11-17)29-4-2/h5-14,16H,3-4H2,1-2H3,(H,25,28). The minimum Gasteiger partial charge on any atom is -0.352 e. The van der Waals surface area contributed by atoms with Crippen molar-refractivity contribution in [2.75, 3.05) is 12.3 Å². The van der Waals surface area contributed by atoms with Crippen molar-refractivity contribution in [2.45, 2.75) is 18.7 Å². The molecule has 3 aromatic rings. The van der Waals surface area contributed by atoms with Crippen LogP contribution in [0.4, 0.5) is 0 Å². The Morgan fingerprint density at radius 1 is 1.17 bits per heavy atom. The van der Waals surface area contributed by atoms with Gasteiger partial charge >= 0.3 is 0 Å². The molecule has 0 unspecified atom stereocenters. The maximum Gasteiger partial charge on any atom is 0.261 e. The number of thioether (sulfide) groups is 1. The van der Waals surface area contributed by atoms with Crippen molar-refractivity contribution in [3.05, 3.63) is 71.9 Å². The molecule has 0 atom stereocenters. The molecule has 0 saturated heterocycles. The molecule has 1 aromatic heterocycles. The van der Waals surface area contributed by atoms with Gasteiger partial charge in [-0.25, -0.2) is 4.68 Å². The Balaban J connectivity index is 2.09. The van der Waals surface area contributed by atoms with Gasteiger partial charge in [0.1, 0.15) is 11.6 Å². The van der Waals surface area contributed by atoms with Crippen LogP contribution in [0, 0.1) is 11.3 Å². The average molecular weight is 403 g/mol. The minimum absolute atomic E-state index is 0.0545. The molecule has 0 radical (unpaired) electrons. The molecule has 5 nitrogen and oxygen atoms in total. The first-order valence-electron chi connectivity index (χ1n) is 9.44. The summed E-state index contributed by atoms with van der Waals surface area (Å²) in [6, 6.07) is 19.9. The van der Waals surface area contributed by atoms with Gasteiger partial charge in [0.15, 0.2) is 0 Å². The van der Waals surface area contributed by atoms with E-state index in [2.05, 4.69) is 24.4 Å². The van der Waals surface area contributed by atoms with Gasteiger partial charge in [0.05, 0.1) is 11.4 Å². The average Bonchev–Trinajstić information content (AvgIpc) is 3.17. The summed E-state index contributed by atoms with van der Waals surface area (Å²) in [4.78, 5) is 13.4. The van der Waals surface area contributed by atoms with Crippen LogP contribution in [-0.2, 0) is 4.79 Å². The second-order valence-corrected chi connectivity index (χ2v) is 7.54. The number of nitrogens with one attached hydrogen (secondary N) is 1. The number of hydrogen-bond donors (Lipinski definition) is 1. The SMILES string of the molecule is CCNC(=O)C(C#N)=Cc1cn(-c2ccccc2)nc1-c1ccc(SCC)cc1. The number of likely N-dealkylation sites (N-methyl/N-ethyl adjacent to an activating group) is 1. The molecule has 2 aromatic carbocycles. The van der Waals surface area contributed by atoms with Gasteiger partial charge in [-0.15, -0.1) is 11.8 Å². The van der Waals surface area contributed by atoms with Crippen molar-refractivity contribution >= 4 is 23.7 Å². The van der Waals surface area contributed by atoms with E-state index in [0.29, 0.717) is 12.1 Å². The summed E-state index contributed by atoms with van der Waals surface area (Å²) in [5.41, 5.74) is 3.33. The highest BCUT2D eigenvalue weighted by Gasteiger charge is 2.14. The van der Waals surface area contributed by atoms with Gasteiger partial charge in [-0.1, -0.05) is 37.3 Å². The van der Waals surface area contributed by atoms with E-state index < -0.39 is 0 Å². The van der Waals surface area contributed by atoms with Crippen molar-refractivity contribution < 1.29 is 4.79 Å². The first-order chi connectivity index (χ1) is 14.2. The lowest BCUT2D eigenvalue weighted by Gasteiger charge is -2.03. The lowest BCUT2D eigenvalue weighted by atomic mass is 10.1. The molecule has 0 aliphatic heterocycles. The lowest BCUT2D eigenvalue weighted by Crippen LogP contribution is -2.23. The molecule has 0 aliphatic rings. The Morgan fingerprint density at radius 3 is 2.52 bits per heavy atom. The zero-order chi connectivity index (χ0) is 20.6. The summed E-state index contributed by atoms with van der Waals surface area (Å²) in [6.07, 6.45) is 3.44. The Bertz CT molecular complexity index is 1050. The topological polar surface area (TPSA) is 70.7 Å². The maximum absolute atomic E-state index is 12.2. The highest BCUT2D eigenvalue weighted by Crippen LogP contribution is 2.28. The number of hydrogen-bond acceptors (Lipinski definition) is 4. The number of para-hydroxylation sites is 1. The van der Waals surface area contributed by atoms with Gasteiger partial charge < -0.3 is 5.32 Å². The maximum atomic E-state index is 12.2. The highest BCUT2D eigenvalue weighted by molar-refractivity contribution is 7.99. The normalized spacial score (nSPS) is 11.1. The van der Waals surface area contributed by atoms with E-state index >= 15 is 0 Å². The molecule has 1 amide bonds. The van der Waals surface area contributed by atoms with E-state index in [0.717, 1.165) is 22.7 Å². The summed E-state index contributed by atoms with van der Waals surface area (Å²) in [5, 5.41) is 16.9. The van der Waals surface area contributed by atoms with Crippen LogP contribution in [0.5, 0.6) is 0 Å². The second kappa shape index (κ2) is 9.76. The fourth-order valence-electron chi connectivity index (χ4n) is 2.87. The van der Waals surface area contributed by atoms with E-state index in [1.54, 1.807) is 22.5 Å². The molecular formula is C23H22N4OS. The number of carbonyl (C=O) groups excluding carboxylic acids is 1. The molecule has 146 valence electrons. The molecule has 0 saturated carbocycles. The number of benzene rings is 2. The summed E-state index contributed by atoms with van der Waals surface area (Å²) in [7, 11) is 0. The van der Waals surface area contributed by atoms with Crippen LogP contribution in [0.2, 0.25) is 0 Å². The number of amides is 1. The molecule has 0 aliphatic carbocycles. The van der Waals surface area contributed by atoms with Crippen LogP contribution in [0.15, 0.2) is 71.3 Å². The van der Waals surface area contributed by atoms with Crippen LogP contribution in [-0.4, -0.2) is 28.0 Å². The van der Waals surface area contributed by atoms with Crippen molar-refractivity contribution in [1.29, 1.82) is 5.26 Å². The molecule has 0 fully saturated rings. The lowest BCUT2D eigenvalue weighted by molar-refractivity contribution is -0.116. The predicted molar refractivity (Wildman–Crippen MR) is 118 cm³/mol. The van der Waals surface area contributed by atoms with E-state index in [9.17, 15) is 10.1 Å². The summed E-state index contributed by atoms with van der Waals surface area (Å²) in [6.45, 7) is 4.40. The van der Waals surface area contributed by atoms with Crippen molar-refractivity contribution in [3.8, 4) is 23.0 Å². The second-order valence-electron chi connectivity index (χ2n) is 6.20.